The highest BCUT2D eigenvalue weighted by Gasteiger charge is 2.58. The monoisotopic (exact) mass is 302 g/mol. The van der Waals surface area contributed by atoms with Crippen LogP contribution in [0.5, 0.6) is 5.75 Å². The summed E-state index contributed by atoms with van der Waals surface area (Å²) in [4.78, 5) is 12.5. The van der Waals surface area contributed by atoms with Gasteiger partial charge in [0.25, 0.3) is 0 Å². The normalized spacial score (nSPS) is 43.4. The van der Waals surface area contributed by atoms with E-state index in [9.17, 15) is 20.1 Å². The predicted molar refractivity (Wildman–Crippen MR) is 80.7 cm³/mol. The Balaban J connectivity index is 1.76. The Bertz CT molecular complexity index is 640. The topological polar surface area (TPSA) is 77.8 Å². The average Bonchev–Trinajstić information content (AvgIpc) is 2.72. The van der Waals surface area contributed by atoms with Crippen molar-refractivity contribution in [2.75, 3.05) is 0 Å². The van der Waals surface area contributed by atoms with Crippen molar-refractivity contribution in [3.05, 3.63) is 29.3 Å². The van der Waals surface area contributed by atoms with E-state index in [1.165, 1.54) is 0 Å². The molecule has 2 saturated carbocycles. The van der Waals surface area contributed by atoms with E-state index in [4.69, 9.17) is 0 Å². The van der Waals surface area contributed by atoms with Crippen LogP contribution in [0, 0.1) is 17.3 Å². The number of hydrogen-bond donors (Lipinski definition) is 3. The molecule has 3 N–H and O–H groups in total. The zero-order valence-electron chi connectivity index (χ0n) is 12.7. The fraction of sp³-hybridized carbons (Fsp3) is 0.611. The molecular weight excluding hydrogens is 280 g/mol. The van der Waals surface area contributed by atoms with E-state index in [0.29, 0.717) is 24.3 Å². The molecule has 0 unspecified atom stereocenters. The zero-order valence-corrected chi connectivity index (χ0v) is 12.7. The van der Waals surface area contributed by atoms with Gasteiger partial charge >= 0.3 is 0 Å². The van der Waals surface area contributed by atoms with Crippen LogP contribution in [0.25, 0.3) is 0 Å². The van der Waals surface area contributed by atoms with Crippen LogP contribution in [-0.2, 0) is 0 Å². The maximum absolute atomic E-state index is 12.5. The largest absolute Gasteiger partial charge is 0.508 e. The molecule has 118 valence electrons. The molecule has 0 spiro atoms. The van der Waals surface area contributed by atoms with Gasteiger partial charge in [-0.3, -0.25) is 4.79 Å². The lowest BCUT2D eigenvalue weighted by Crippen LogP contribution is -2.45. The third kappa shape index (κ3) is 1.74. The molecule has 0 amide bonds. The number of ketones is 1. The summed E-state index contributed by atoms with van der Waals surface area (Å²) in [6.07, 6.45) is 1.47. The Morgan fingerprint density at radius 1 is 1.27 bits per heavy atom. The molecule has 0 bridgehead atoms. The quantitative estimate of drug-likeness (QED) is 0.687. The van der Waals surface area contributed by atoms with Gasteiger partial charge in [0.2, 0.25) is 0 Å². The minimum Gasteiger partial charge on any atom is -0.508 e. The summed E-state index contributed by atoms with van der Waals surface area (Å²) in [7, 11) is 0. The highest BCUT2D eigenvalue weighted by atomic mass is 16.3. The summed E-state index contributed by atoms with van der Waals surface area (Å²) in [5, 5.41) is 30.1. The molecule has 4 rings (SSSR count). The molecule has 0 aliphatic heterocycles. The molecule has 1 aromatic carbocycles. The maximum atomic E-state index is 12.5. The summed E-state index contributed by atoms with van der Waals surface area (Å²) in [6, 6.07) is 5.12. The van der Waals surface area contributed by atoms with E-state index in [-0.39, 0.29) is 28.8 Å². The second-order valence-corrected chi connectivity index (χ2v) is 7.57. The Kier molecular flexibility index (Phi) is 2.94. The van der Waals surface area contributed by atoms with Crippen LogP contribution < -0.4 is 0 Å². The number of phenols is 1. The predicted octanol–water partition coefficient (Wildman–Crippen LogP) is 2.22. The minimum absolute atomic E-state index is 0.0762. The molecule has 0 aromatic heterocycles. The molecule has 3 aliphatic carbocycles. The second-order valence-electron chi connectivity index (χ2n) is 7.57. The standard InChI is InChI=1S/C18H22O4/c1-18-5-4-11-10-3-2-9(19)6-13(10)15(20)7-12(11)14(18)8-16(21)17(18)22/h2-3,6,11-12,14,16-17,19,21-22H,4-5,7-8H2,1H3/t11-,12-,14+,16-,17+,18+/m1/s1. The van der Waals surface area contributed by atoms with Crippen molar-refractivity contribution in [3.63, 3.8) is 0 Å². The van der Waals surface area contributed by atoms with Gasteiger partial charge in [-0.15, -0.1) is 0 Å². The maximum Gasteiger partial charge on any atom is 0.163 e. The van der Waals surface area contributed by atoms with Crippen molar-refractivity contribution >= 4 is 5.78 Å². The number of benzene rings is 1. The van der Waals surface area contributed by atoms with Gasteiger partial charge in [-0.05, 0) is 60.1 Å². The van der Waals surface area contributed by atoms with Crippen molar-refractivity contribution < 1.29 is 20.1 Å². The number of rotatable bonds is 0. The number of carbonyl (C=O) groups excluding carboxylic acids is 1. The second kappa shape index (κ2) is 4.56. The Morgan fingerprint density at radius 3 is 2.82 bits per heavy atom. The number of carbonyl (C=O) groups is 1. The molecule has 0 heterocycles. The minimum atomic E-state index is -0.685. The fourth-order valence-corrected chi connectivity index (χ4v) is 5.38. The number of Topliss-reactive ketones (excluding diaryl/α,β-unsaturated/α-hetero) is 1. The van der Waals surface area contributed by atoms with E-state index in [2.05, 4.69) is 6.92 Å². The van der Waals surface area contributed by atoms with Gasteiger partial charge in [-0.1, -0.05) is 13.0 Å². The van der Waals surface area contributed by atoms with E-state index in [1.54, 1.807) is 12.1 Å². The number of hydrogen-bond acceptors (Lipinski definition) is 4. The Labute approximate surface area is 129 Å². The molecule has 4 heteroatoms. The lowest BCUT2D eigenvalue weighted by molar-refractivity contribution is -0.0493. The molecule has 1 aromatic rings. The van der Waals surface area contributed by atoms with Gasteiger partial charge in [0.15, 0.2) is 5.78 Å². The summed E-state index contributed by atoms with van der Waals surface area (Å²) >= 11 is 0. The van der Waals surface area contributed by atoms with Gasteiger partial charge in [0, 0.05) is 12.0 Å². The van der Waals surface area contributed by atoms with Crippen molar-refractivity contribution in [1.82, 2.24) is 0 Å². The first kappa shape index (κ1) is 14.2. The first-order valence-corrected chi connectivity index (χ1v) is 8.14. The fourth-order valence-electron chi connectivity index (χ4n) is 5.38. The first-order chi connectivity index (χ1) is 10.4. The first-order valence-electron chi connectivity index (χ1n) is 8.14. The molecule has 22 heavy (non-hydrogen) atoms. The van der Waals surface area contributed by atoms with Crippen LogP contribution in [-0.4, -0.2) is 33.3 Å². The van der Waals surface area contributed by atoms with Gasteiger partial charge < -0.3 is 15.3 Å². The highest BCUT2D eigenvalue weighted by molar-refractivity contribution is 5.99. The lowest BCUT2D eigenvalue weighted by Gasteiger charge is -2.49. The lowest BCUT2D eigenvalue weighted by atomic mass is 9.55. The molecule has 0 radical (unpaired) electrons. The molecule has 3 aliphatic rings. The summed E-state index contributed by atoms with van der Waals surface area (Å²) < 4.78 is 0. The molecule has 4 nitrogen and oxygen atoms in total. The highest BCUT2D eigenvalue weighted by Crippen LogP contribution is 2.60. The van der Waals surface area contributed by atoms with Crippen LogP contribution >= 0.6 is 0 Å². The number of aliphatic hydroxyl groups is 2. The van der Waals surface area contributed by atoms with Crippen LogP contribution in [0.4, 0.5) is 0 Å². The van der Waals surface area contributed by atoms with Crippen LogP contribution in [0.2, 0.25) is 0 Å². The third-order valence-corrected chi connectivity index (χ3v) is 6.57. The molecule has 6 atom stereocenters. The van der Waals surface area contributed by atoms with Gasteiger partial charge in [-0.2, -0.15) is 0 Å². The average molecular weight is 302 g/mol. The zero-order chi connectivity index (χ0) is 15.6. The van der Waals surface area contributed by atoms with Crippen molar-refractivity contribution in [2.45, 2.75) is 50.7 Å². The SMILES string of the molecule is C[C@]12CC[C@@H]3c4ccc(O)cc4C(=O)C[C@H]3[C@@H]1C[C@@H](O)[C@@H]2O. The third-order valence-electron chi connectivity index (χ3n) is 6.57. The van der Waals surface area contributed by atoms with Gasteiger partial charge in [0.05, 0.1) is 12.2 Å². The van der Waals surface area contributed by atoms with Gasteiger partial charge in [-0.25, -0.2) is 0 Å². The van der Waals surface area contributed by atoms with E-state index in [0.717, 1.165) is 18.4 Å². The Morgan fingerprint density at radius 2 is 2.05 bits per heavy atom. The number of aliphatic hydroxyl groups excluding tert-OH is 2. The number of phenolic OH excluding ortho intramolecular Hbond substituents is 1. The van der Waals surface area contributed by atoms with Crippen LogP contribution in [0.1, 0.15) is 54.4 Å². The van der Waals surface area contributed by atoms with Crippen molar-refractivity contribution in [2.24, 2.45) is 17.3 Å². The number of fused-ring (bicyclic) bond motifs is 5. The smallest absolute Gasteiger partial charge is 0.163 e. The Hall–Kier alpha value is -1.39. The summed E-state index contributed by atoms with van der Waals surface area (Å²) in [5.41, 5.74) is 1.41. The summed E-state index contributed by atoms with van der Waals surface area (Å²) in [5.74, 6) is 0.881. The number of aromatic hydroxyl groups is 1. The van der Waals surface area contributed by atoms with Crippen LogP contribution in [0.3, 0.4) is 0 Å². The van der Waals surface area contributed by atoms with Crippen molar-refractivity contribution in [3.8, 4) is 5.75 Å². The molecule has 2 fully saturated rings. The van der Waals surface area contributed by atoms with Gasteiger partial charge in [0.1, 0.15) is 5.75 Å². The van der Waals surface area contributed by atoms with E-state index >= 15 is 0 Å². The molecule has 0 saturated heterocycles. The van der Waals surface area contributed by atoms with Crippen molar-refractivity contribution in [1.29, 1.82) is 0 Å². The van der Waals surface area contributed by atoms with E-state index < -0.39 is 12.2 Å². The molecular formula is C18H22O4. The summed E-state index contributed by atoms with van der Waals surface area (Å²) in [6.45, 7) is 2.06. The van der Waals surface area contributed by atoms with Crippen LogP contribution in [0.15, 0.2) is 18.2 Å². The van der Waals surface area contributed by atoms with E-state index in [1.807, 2.05) is 6.07 Å².